The highest BCUT2D eigenvalue weighted by atomic mass is 35.5. The molecule has 0 bridgehead atoms. The minimum absolute atomic E-state index is 0.0454. The number of rotatable bonds is 8. The summed E-state index contributed by atoms with van der Waals surface area (Å²) in [6.07, 6.45) is 0.802. The lowest BCUT2D eigenvalue weighted by atomic mass is 10.2. The standard InChI is InChI=1S/C24H26ClN3O6S/c25-18-4-1-3-17(15-18)22-27-24(23(34-22)26-7-2-8-28-9-11-31-12-10-28)35(29,30)19-5-6-20-21(16-19)33-14-13-32-20/h1,3-6,15-16,26H,2,7-14H2. The fourth-order valence-corrected chi connectivity index (χ4v) is 5.46. The zero-order valence-corrected chi connectivity index (χ0v) is 20.6. The highest BCUT2D eigenvalue weighted by Gasteiger charge is 2.30. The number of aromatic nitrogens is 1. The summed E-state index contributed by atoms with van der Waals surface area (Å²) in [7, 11) is -4.02. The first kappa shape index (κ1) is 23.9. The Kier molecular flexibility index (Phi) is 7.14. The first-order chi connectivity index (χ1) is 17.0. The summed E-state index contributed by atoms with van der Waals surface area (Å²) in [4.78, 5) is 6.74. The van der Waals surface area contributed by atoms with Crippen LogP contribution in [0.5, 0.6) is 11.5 Å². The summed E-state index contributed by atoms with van der Waals surface area (Å²) in [5.74, 6) is 1.16. The molecule has 0 radical (unpaired) electrons. The molecule has 0 atom stereocenters. The van der Waals surface area contributed by atoms with E-state index in [-0.39, 0.29) is 21.7 Å². The molecule has 186 valence electrons. The van der Waals surface area contributed by atoms with Crippen LogP contribution >= 0.6 is 11.6 Å². The van der Waals surface area contributed by atoms with E-state index in [1.807, 2.05) is 0 Å². The lowest BCUT2D eigenvalue weighted by Crippen LogP contribution is -2.37. The molecule has 35 heavy (non-hydrogen) atoms. The molecule has 0 amide bonds. The lowest BCUT2D eigenvalue weighted by molar-refractivity contribution is 0.0378. The van der Waals surface area contributed by atoms with Crippen LogP contribution in [0.3, 0.4) is 0 Å². The first-order valence-electron chi connectivity index (χ1n) is 11.5. The predicted molar refractivity (Wildman–Crippen MR) is 130 cm³/mol. The van der Waals surface area contributed by atoms with Gasteiger partial charge in [-0.25, -0.2) is 8.42 Å². The molecule has 2 aromatic carbocycles. The van der Waals surface area contributed by atoms with E-state index in [0.717, 1.165) is 39.3 Å². The molecule has 1 N–H and O–H groups in total. The Balaban J connectivity index is 1.42. The van der Waals surface area contributed by atoms with Crippen LogP contribution in [-0.2, 0) is 14.6 Å². The van der Waals surface area contributed by atoms with E-state index in [1.165, 1.54) is 12.1 Å². The lowest BCUT2D eigenvalue weighted by Gasteiger charge is -2.26. The minimum atomic E-state index is -4.02. The minimum Gasteiger partial charge on any atom is -0.486 e. The third kappa shape index (κ3) is 5.40. The Hall–Kier alpha value is -2.79. The maximum Gasteiger partial charge on any atom is 0.233 e. The fourth-order valence-electron chi connectivity index (χ4n) is 3.98. The van der Waals surface area contributed by atoms with E-state index in [0.29, 0.717) is 41.8 Å². The third-order valence-corrected chi connectivity index (χ3v) is 7.68. The summed E-state index contributed by atoms with van der Waals surface area (Å²) < 4.78 is 49.6. The molecule has 0 saturated carbocycles. The number of halogens is 1. The van der Waals surface area contributed by atoms with Crippen LogP contribution < -0.4 is 14.8 Å². The number of oxazole rings is 1. The van der Waals surface area contributed by atoms with E-state index in [9.17, 15) is 8.42 Å². The number of morpholine rings is 1. The van der Waals surface area contributed by atoms with Crippen molar-refractivity contribution in [3.05, 3.63) is 47.5 Å². The molecular formula is C24H26ClN3O6S. The van der Waals surface area contributed by atoms with Crippen molar-refractivity contribution >= 4 is 27.3 Å². The SMILES string of the molecule is O=S(=O)(c1ccc2c(c1)OCCO2)c1nc(-c2cccc(Cl)c2)oc1NCCCN1CCOCC1. The molecule has 11 heteroatoms. The Morgan fingerprint density at radius 3 is 2.60 bits per heavy atom. The van der Waals surface area contributed by atoms with Crippen molar-refractivity contribution in [2.75, 3.05) is 57.9 Å². The van der Waals surface area contributed by atoms with E-state index in [2.05, 4.69) is 15.2 Å². The van der Waals surface area contributed by atoms with Crippen LogP contribution in [0, 0.1) is 0 Å². The van der Waals surface area contributed by atoms with Gasteiger partial charge in [0, 0.05) is 36.3 Å². The van der Waals surface area contributed by atoms with Gasteiger partial charge in [-0.1, -0.05) is 17.7 Å². The molecule has 3 heterocycles. The van der Waals surface area contributed by atoms with Gasteiger partial charge >= 0.3 is 0 Å². The smallest absolute Gasteiger partial charge is 0.233 e. The number of ether oxygens (including phenoxy) is 3. The number of hydrogen-bond donors (Lipinski definition) is 1. The van der Waals surface area contributed by atoms with Crippen molar-refractivity contribution in [3.63, 3.8) is 0 Å². The summed E-state index contributed by atoms with van der Waals surface area (Å²) in [5.41, 5.74) is 0.581. The van der Waals surface area contributed by atoms with Gasteiger partial charge in [0.2, 0.25) is 26.6 Å². The van der Waals surface area contributed by atoms with E-state index < -0.39 is 9.84 Å². The van der Waals surface area contributed by atoms with Crippen LogP contribution in [-0.4, -0.2) is 70.9 Å². The third-order valence-electron chi connectivity index (χ3n) is 5.79. The van der Waals surface area contributed by atoms with Crippen molar-refractivity contribution in [3.8, 4) is 23.0 Å². The fraction of sp³-hybridized carbons (Fsp3) is 0.375. The zero-order chi connectivity index (χ0) is 24.3. The number of nitrogens with one attached hydrogen (secondary N) is 1. The molecule has 9 nitrogen and oxygen atoms in total. The van der Waals surface area contributed by atoms with Crippen LogP contribution in [0.2, 0.25) is 5.02 Å². The average molecular weight is 520 g/mol. The number of nitrogens with zero attached hydrogens (tertiary/aromatic N) is 2. The normalized spacial score (nSPS) is 16.3. The monoisotopic (exact) mass is 519 g/mol. The van der Waals surface area contributed by atoms with Gasteiger partial charge in [-0.15, -0.1) is 0 Å². The van der Waals surface area contributed by atoms with Gasteiger partial charge in [-0.3, -0.25) is 4.90 Å². The topological polar surface area (TPSA) is 103 Å². The molecule has 0 spiro atoms. The van der Waals surface area contributed by atoms with E-state index >= 15 is 0 Å². The largest absolute Gasteiger partial charge is 0.486 e. The van der Waals surface area contributed by atoms with Gasteiger partial charge < -0.3 is 23.9 Å². The number of hydrogen-bond acceptors (Lipinski definition) is 9. The highest BCUT2D eigenvalue weighted by molar-refractivity contribution is 7.91. The van der Waals surface area contributed by atoms with Crippen molar-refractivity contribution in [1.82, 2.24) is 9.88 Å². The molecule has 3 aromatic rings. The maximum atomic E-state index is 13.6. The Morgan fingerprint density at radius 2 is 1.80 bits per heavy atom. The number of anilines is 1. The Labute approximate surface area is 208 Å². The van der Waals surface area contributed by atoms with Crippen molar-refractivity contribution < 1.29 is 27.0 Å². The van der Waals surface area contributed by atoms with Crippen LogP contribution in [0.1, 0.15) is 6.42 Å². The van der Waals surface area contributed by atoms with Crippen LogP contribution in [0.4, 0.5) is 5.88 Å². The molecule has 1 aromatic heterocycles. The van der Waals surface area contributed by atoms with Gasteiger partial charge in [0.15, 0.2) is 11.5 Å². The second-order valence-corrected chi connectivity index (χ2v) is 10.5. The van der Waals surface area contributed by atoms with E-state index in [1.54, 1.807) is 30.3 Å². The Morgan fingerprint density at radius 1 is 1.00 bits per heavy atom. The van der Waals surface area contributed by atoms with Gasteiger partial charge in [-0.2, -0.15) is 4.98 Å². The van der Waals surface area contributed by atoms with Crippen LogP contribution in [0.25, 0.3) is 11.5 Å². The summed E-state index contributed by atoms with van der Waals surface area (Å²) in [5, 5.41) is 3.45. The Bertz CT molecular complexity index is 1290. The molecule has 1 fully saturated rings. The van der Waals surface area contributed by atoms with Gasteiger partial charge in [-0.05, 0) is 43.3 Å². The van der Waals surface area contributed by atoms with Crippen molar-refractivity contribution in [2.45, 2.75) is 16.3 Å². The van der Waals surface area contributed by atoms with Crippen molar-refractivity contribution in [2.24, 2.45) is 0 Å². The second kappa shape index (κ2) is 10.4. The quantitative estimate of drug-likeness (QED) is 0.446. The van der Waals surface area contributed by atoms with Gasteiger partial charge in [0.05, 0.1) is 18.1 Å². The molecule has 1 saturated heterocycles. The maximum absolute atomic E-state index is 13.6. The molecular weight excluding hydrogens is 494 g/mol. The average Bonchev–Trinajstić information content (AvgIpc) is 3.32. The summed E-state index contributed by atoms with van der Waals surface area (Å²) >= 11 is 6.13. The predicted octanol–water partition coefficient (Wildman–Crippen LogP) is 3.73. The van der Waals surface area contributed by atoms with Crippen LogP contribution in [0.15, 0.2) is 56.8 Å². The summed E-state index contributed by atoms with van der Waals surface area (Å²) in [6.45, 7) is 5.42. The molecule has 0 aliphatic carbocycles. The van der Waals surface area contributed by atoms with E-state index in [4.69, 9.17) is 30.2 Å². The summed E-state index contributed by atoms with van der Waals surface area (Å²) in [6, 6.07) is 11.5. The molecule has 5 rings (SSSR count). The number of benzene rings is 2. The molecule has 2 aliphatic heterocycles. The molecule has 0 unspecified atom stereocenters. The molecule has 2 aliphatic rings. The number of fused-ring (bicyclic) bond motifs is 1. The van der Waals surface area contributed by atoms with Crippen molar-refractivity contribution in [1.29, 1.82) is 0 Å². The van der Waals surface area contributed by atoms with Gasteiger partial charge in [0.25, 0.3) is 0 Å². The second-order valence-electron chi connectivity index (χ2n) is 8.21. The highest BCUT2D eigenvalue weighted by Crippen LogP contribution is 2.37. The first-order valence-corrected chi connectivity index (χ1v) is 13.3. The number of sulfone groups is 1. The van der Waals surface area contributed by atoms with Gasteiger partial charge in [0.1, 0.15) is 13.2 Å². The zero-order valence-electron chi connectivity index (χ0n) is 19.0.